The summed E-state index contributed by atoms with van der Waals surface area (Å²) in [5.41, 5.74) is 0.656. The van der Waals surface area contributed by atoms with Crippen LogP contribution in [0, 0.1) is 5.92 Å². The van der Waals surface area contributed by atoms with Crippen molar-refractivity contribution in [3.8, 4) is 5.75 Å². The van der Waals surface area contributed by atoms with Crippen LogP contribution < -0.4 is 10.1 Å². The molecular weight excluding hydrogens is 242 g/mol. The molecule has 3 rings (SSSR count). The molecule has 0 aromatic carbocycles. The molecule has 2 fully saturated rings. The summed E-state index contributed by atoms with van der Waals surface area (Å²) in [6.45, 7) is 2.85. The Morgan fingerprint density at radius 1 is 1.58 bits per heavy atom. The van der Waals surface area contributed by atoms with Gasteiger partial charge in [0.2, 0.25) is 0 Å². The van der Waals surface area contributed by atoms with E-state index in [9.17, 15) is 4.79 Å². The number of nitrogens with zero attached hydrogens (tertiary/aromatic N) is 2. The molecule has 0 aliphatic carbocycles. The van der Waals surface area contributed by atoms with E-state index in [1.165, 1.54) is 6.42 Å². The highest BCUT2D eigenvalue weighted by Gasteiger charge is 2.44. The van der Waals surface area contributed by atoms with Crippen molar-refractivity contribution in [3.05, 3.63) is 11.9 Å². The van der Waals surface area contributed by atoms with Crippen molar-refractivity contribution in [3.63, 3.8) is 0 Å². The molecule has 0 radical (unpaired) electrons. The van der Waals surface area contributed by atoms with Crippen molar-refractivity contribution in [2.24, 2.45) is 5.92 Å². The molecule has 19 heavy (non-hydrogen) atoms. The fraction of sp³-hybridized carbons (Fsp3) is 0.714. The van der Waals surface area contributed by atoms with Crippen LogP contribution in [-0.4, -0.2) is 34.8 Å². The molecule has 3 unspecified atom stereocenters. The SMILES string of the molecule is CCCn1ncc(OC)c1C(=O)C1CC2CCC1N2. The van der Waals surface area contributed by atoms with Gasteiger partial charge in [-0.1, -0.05) is 6.92 Å². The van der Waals surface area contributed by atoms with Crippen LogP contribution in [0.3, 0.4) is 0 Å². The van der Waals surface area contributed by atoms with Gasteiger partial charge in [0.15, 0.2) is 11.5 Å². The maximum Gasteiger partial charge on any atom is 0.189 e. The van der Waals surface area contributed by atoms with Crippen LogP contribution in [0.4, 0.5) is 0 Å². The Morgan fingerprint density at radius 2 is 2.42 bits per heavy atom. The van der Waals surface area contributed by atoms with Gasteiger partial charge in [0.05, 0.1) is 13.3 Å². The number of carbonyl (C=O) groups excluding carboxylic acids is 1. The standard InChI is InChI=1S/C14H21N3O2/c1-3-6-17-13(12(19-2)8-15-17)14(18)10-7-9-4-5-11(10)16-9/h8-11,16H,3-7H2,1-2H3. The van der Waals surface area contributed by atoms with Gasteiger partial charge in [-0.3, -0.25) is 9.48 Å². The zero-order valence-corrected chi connectivity index (χ0v) is 11.6. The van der Waals surface area contributed by atoms with Crippen molar-refractivity contribution in [1.82, 2.24) is 15.1 Å². The van der Waals surface area contributed by atoms with Crippen molar-refractivity contribution in [2.45, 2.75) is 51.2 Å². The van der Waals surface area contributed by atoms with Gasteiger partial charge >= 0.3 is 0 Å². The second-order valence-corrected chi connectivity index (χ2v) is 5.54. The molecule has 1 aromatic heterocycles. The predicted octanol–water partition coefficient (Wildman–Crippen LogP) is 1.62. The first-order valence-electron chi connectivity index (χ1n) is 7.14. The van der Waals surface area contributed by atoms with Crippen LogP contribution in [0.5, 0.6) is 5.75 Å². The van der Waals surface area contributed by atoms with E-state index >= 15 is 0 Å². The third kappa shape index (κ3) is 2.06. The van der Waals surface area contributed by atoms with Crippen LogP contribution in [0.2, 0.25) is 0 Å². The number of hydrogen-bond acceptors (Lipinski definition) is 4. The van der Waals surface area contributed by atoms with Crippen molar-refractivity contribution < 1.29 is 9.53 Å². The van der Waals surface area contributed by atoms with Crippen LogP contribution in [0.1, 0.15) is 43.1 Å². The minimum Gasteiger partial charge on any atom is -0.493 e. The Bertz CT molecular complexity index is 483. The highest BCUT2D eigenvalue weighted by molar-refractivity contribution is 5.99. The Balaban J connectivity index is 1.88. The molecule has 2 bridgehead atoms. The summed E-state index contributed by atoms with van der Waals surface area (Å²) in [6, 6.07) is 0.889. The first-order valence-corrected chi connectivity index (χ1v) is 7.14. The normalized spacial score (nSPS) is 28.8. The van der Waals surface area contributed by atoms with Crippen molar-refractivity contribution in [2.75, 3.05) is 7.11 Å². The van der Waals surface area contributed by atoms with Crippen LogP contribution >= 0.6 is 0 Å². The maximum atomic E-state index is 12.8. The van der Waals surface area contributed by atoms with Crippen molar-refractivity contribution >= 4 is 5.78 Å². The van der Waals surface area contributed by atoms with E-state index in [-0.39, 0.29) is 11.7 Å². The number of hydrogen-bond donors (Lipinski definition) is 1. The number of rotatable bonds is 5. The van der Waals surface area contributed by atoms with Gasteiger partial charge in [0, 0.05) is 24.5 Å². The van der Waals surface area contributed by atoms with E-state index in [0.29, 0.717) is 23.5 Å². The minimum absolute atomic E-state index is 0.0972. The summed E-state index contributed by atoms with van der Waals surface area (Å²) < 4.78 is 7.11. The molecule has 3 atom stereocenters. The van der Waals surface area contributed by atoms with E-state index < -0.39 is 0 Å². The maximum absolute atomic E-state index is 12.8. The fourth-order valence-corrected chi connectivity index (χ4v) is 3.44. The summed E-state index contributed by atoms with van der Waals surface area (Å²) in [4.78, 5) is 12.8. The van der Waals surface area contributed by atoms with Gasteiger partial charge in [0.1, 0.15) is 5.69 Å². The molecule has 0 saturated carbocycles. The lowest BCUT2D eigenvalue weighted by Crippen LogP contribution is -2.30. The molecule has 1 N–H and O–H groups in total. The minimum atomic E-state index is 0.0972. The molecule has 104 valence electrons. The van der Waals surface area contributed by atoms with Gasteiger partial charge in [-0.25, -0.2) is 0 Å². The quantitative estimate of drug-likeness (QED) is 0.820. The number of ketones is 1. The number of nitrogens with one attached hydrogen (secondary N) is 1. The monoisotopic (exact) mass is 263 g/mol. The summed E-state index contributed by atoms with van der Waals surface area (Å²) in [5.74, 6) is 0.906. The number of aromatic nitrogens is 2. The Kier molecular flexibility index (Phi) is 3.31. The summed E-state index contributed by atoms with van der Waals surface area (Å²) in [5, 5.41) is 7.80. The highest BCUT2D eigenvalue weighted by atomic mass is 16.5. The van der Waals surface area contributed by atoms with Crippen LogP contribution in [-0.2, 0) is 6.54 Å². The van der Waals surface area contributed by atoms with Gasteiger partial charge < -0.3 is 10.1 Å². The van der Waals surface area contributed by atoms with Gasteiger partial charge in [-0.15, -0.1) is 0 Å². The average molecular weight is 263 g/mol. The van der Waals surface area contributed by atoms with E-state index in [1.54, 1.807) is 18.0 Å². The molecule has 1 aromatic rings. The fourth-order valence-electron chi connectivity index (χ4n) is 3.44. The van der Waals surface area contributed by atoms with Gasteiger partial charge in [-0.05, 0) is 25.7 Å². The second kappa shape index (κ2) is 4.96. The van der Waals surface area contributed by atoms with E-state index in [1.807, 2.05) is 0 Å². The number of methoxy groups -OCH3 is 1. The number of ether oxygens (including phenoxy) is 1. The number of fused-ring (bicyclic) bond motifs is 2. The molecule has 0 amide bonds. The summed E-state index contributed by atoms with van der Waals surface area (Å²) in [6.07, 6.45) is 5.90. The summed E-state index contributed by atoms with van der Waals surface area (Å²) in [7, 11) is 1.60. The lowest BCUT2D eigenvalue weighted by atomic mass is 9.85. The highest BCUT2D eigenvalue weighted by Crippen LogP contribution is 2.36. The van der Waals surface area contributed by atoms with Gasteiger partial charge in [-0.2, -0.15) is 5.10 Å². The lowest BCUT2D eigenvalue weighted by Gasteiger charge is -2.19. The number of Topliss-reactive ketones (excluding diaryl/α,β-unsaturated/α-hetero) is 1. The van der Waals surface area contributed by atoms with Gasteiger partial charge in [0.25, 0.3) is 0 Å². The molecule has 5 nitrogen and oxygen atoms in total. The first-order chi connectivity index (χ1) is 9.24. The third-order valence-corrected chi connectivity index (χ3v) is 4.33. The van der Waals surface area contributed by atoms with E-state index in [2.05, 4.69) is 17.3 Å². The summed E-state index contributed by atoms with van der Waals surface area (Å²) >= 11 is 0. The second-order valence-electron chi connectivity index (χ2n) is 5.54. The van der Waals surface area contributed by atoms with Crippen LogP contribution in [0.15, 0.2) is 6.20 Å². The zero-order valence-electron chi connectivity index (χ0n) is 11.6. The Morgan fingerprint density at radius 3 is 3.00 bits per heavy atom. The predicted molar refractivity (Wildman–Crippen MR) is 71.5 cm³/mol. The smallest absolute Gasteiger partial charge is 0.189 e. The molecule has 5 heteroatoms. The number of carbonyl (C=O) groups is 1. The Labute approximate surface area is 113 Å². The molecule has 2 saturated heterocycles. The molecule has 2 aliphatic rings. The zero-order chi connectivity index (χ0) is 13.4. The number of aryl methyl sites for hydroxylation is 1. The van der Waals surface area contributed by atoms with Crippen molar-refractivity contribution in [1.29, 1.82) is 0 Å². The largest absolute Gasteiger partial charge is 0.493 e. The third-order valence-electron chi connectivity index (χ3n) is 4.33. The molecular formula is C14H21N3O2. The lowest BCUT2D eigenvalue weighted by molar-refractivity contribution is 0.0886. The van der Waals surface area contributed by atoms with E-state index in [0.717, 1.165) is 25.8 Å². The van der Waals surface area contributed by atoms with Crippen LogP contribution in [0.25, 0.3) is 0 Å². The Hall–Kier alpha value is -1.36. The molecule has 0 spiro atoms. The molecule has 3 heterocycles. The first kappa shape index (κ1) is 12.7. The van der Waals surface area contributed by atoms with E-state index in [4.69, 9.17) is 4.74 Å². The topological polar surface area (TPSA) is 56.2 Å². The molecule has 2 aliphatic heterocycles. The average Bonchev–Trinajstić information content (AvgIpc) is 3.12.